The monoisotopic (exact) mass is 390 g/mol. The minimum Gasteiger partial charge on any atom is -0.398 e. The third-order valence-electron chi connectivity index (χ3n) is 3.91. The Morgan fingerprint density at radius 3 is 2.48 bits per heavy atom. The van der Waals surface area contributed by atoms with Crippen LogP contribution in [0.25, 0.3) is 16.8 Å². The summed E-state index contributed by atoms with van der Waals surface area (Å²) in [5.41, 5.74) is 9.77. The molecule has 0 radical (unpaired) electrons. The highest BCUT2D eigenvalue weighted by Crippen LogP contribution is 2.28. The molecule has 27 heavy (non-hydrogen) atoms. The Morgan fingerprint density at radius 2 is 1.85 bits per heavy atom. The standard InChI is InChI=1S/C19H23FN4O2S/c1-22-10-9-18(21)17-13-15(14-3-6-16(20)7-4-14)5-8-19(17)24-11-12-27(25,26)23-2/h3-10,13,23-24H,11-12,21H2,1-2H3/b18-9-,22-10?. The summed E-state index contributed by atoms with van der Waals surface area (Å²) in [7, 11) is -0.290. The van der Waals surface area contributed by atoms with Gasteiger partial charge in [0.2, 0.25) is 10.0 Å². The number of hydrogen-bond donors (Lipinski definition) is 3. The molecule has 0 saturated heterocycles. The number of nitrogens with zero attached hydrogens (tertiary/aromatic N) is 1. The number of aliphatic imine (C=N–C) groups is 1. The number of rotatable bonds is 8. The summed E-state index contributed by atoms with van der Waals surface area (Å²) >= 11 is 0. The van der Waals surface area contributed by atoms with Gasteiger partial charge in [0, 0.05) is 36.8 Å². The Bertz CT molecular complexity index is 939. The van der Waals surface area contributed by atoms with Crippen LogP contribution in [0.1, 0.15) is 5.56 Å². The number of nitrogens with one attached hydrogen (secondary N) is 2. The lowest BCUT2D eigenvalue weighted by Gasteiger charge is -2.14. The van der Waals surface area contributed by atoms with Crippen LogP contribution < -0.4 is 15.8 Å². The Balaban J connectivity index is 2.36. The van der Waals surface area contributed by atoms with E-state index in [1.165, 1.54) is 19.2 Å². The first kappa shape index (κ1) is 20.6. The molecule has 0 unspecified atom stereocenters. The van der Waals surface area contributed by atoms with Crippen LogP contribution in [0.15, 0.2) is 53.5 Å². The SMILES string of the molecule is CN=C/C=C(\N)c1cc(-c2ccc(F)cc2)ccc1NCCS(=O)(=O)NC. The van der Waals surface area contributed by atoms with Gasteiger partial charge >= 0.3 is 0 Å². The number of benzene rings is 2. The summed E-state index contributed by atoms with van der Waals surface area (Å²) in [4.78, 5) is 3.90. The number of halogens is 1. The number of sulfonamides is 1. The minimum atomic E-state index is -3.31. The maximum absolute atomic E-state index is 13.2. The molecule has 4 N–H and O–H groups in total. The van der Waals surface area contributed by atoms with Crippen molar-refractivity contribution in [2.75, 3.05) is 31.7 Å². The maximum Gasteiger partial charge on any atom is 0.213 e. The molecule has 6 nitrogen and oxygen atoms in total. The largest absolute Gasteiger partial charge is 0.398 e. The van der Waals surface area contributed by atoms with Crippen LogP contribution in [-0.2, 0) is 10.0 Å². The Kier molecular flexibility index (Phi) is 7.09. The van der Waals surface area contributed by atoms with E-state index >= 15 is 0 Å². The molecule has 0 saturated carbocycles. The zero-order chi connectivity index (χ0) is 19.9. The maximum atomic E-state index is 13.2. The van der Waals surface area contributed by atoms with Gasteiger partial charge in [0.1, 0.15) is 5.82 Å². The van der Waals surface area contributed by atoms with E-state index in [4.69, 9.17) is 5.73 Å². The molecule has 8 heteroatoms. The molecule has 0 heterocycles. The van der Waals surface area contributed by atoms with Crippen LogP contribution in [-0.4, -0.2) is 41.0 Å². The van der Waals surface area contributed by atoms with Gasteiger partial charge in [-0.3, -0.25) is 4.99 Å². The molecule has 0 aliphatic rings. The molecule has 2 aromatic carbocycles. The molecule has 0 bridgehead atoms. The summed E-state index contributed by atoms with van der Waals surface area (Å²) in [6.45, 7) is 0.223. The van der Waals surface area contributed by atoms with Crippen LogP contribution in [0.2, 0.25) is 0 Å². The van der Waals surface area contributed by atoms with Crippen LogP contribution in [0.3, 0.4) is 0 Å². The highest BCUT2D eigenvalue weighted by atomic mass is 32.2. The first-order valence-electron chi connectivity index (χ1n) is 8.29. The molecule has 2 aromatic rings. The van der Waals surface area contributed by atoms with Crippen molar-refractivity contribution in [1.82, 2.24) is 4.72 Å². The first-order chi connectivity index (χ1) is 12.9. The van der Waals surface area contributed by atoms with E-state index in [0.29, 0.717) is 16.9 Å². The van der Waals surface area contributed by atoms with Gasteiger partial charge in [0.05, 0.1) is 5.75 Å². The smallest absolute Gasteiger partial charge is 0.213 e. The topological polar surface area (TPSA) is 96.6 Å². The molecule has 0 aromatic heterocycles. The average Bonchev–Trinajstić information content (AvgIpc) is 2.67. The average molecular weight is 390 g/mol. The summed E-state index contributed by atoms with van der Waals surface area (Å²) in [6, 6.07) is 11.7. The fourth-order valence-corrected chi connectivity index (χ4v) is 3.00. The van der Waals surface area contributed by atoms with Crippen molar-refractivity contribution in [2.24, 2.45) is 10.7 Å². The zero-order valence-electron chi connectivity index (χ0n) is 15.2. The highest BCUT2D eigenvalue weighted by Gasteiger charge is 2.10. The molecule has 0 amide bonds. The number of anilines is 1. The lowest BCUT2D eigenvalue weighted by molar-refractivity contribution is 0.588. The van der Waals surface area contributed by atoms with E-state index in [1.807, 2.05) is 18.2 Å². The molecular formula is C19H23FN4O2S. The third kappa shape index (κ3) is 5.90. The van der Waals surface area contributed by atoms with E-state index in [0.717, 1.165) is 11.1 Å². The van der Waals surface area contributed by atoms with Crippen molar-refractivity contribution < 1.29 is 12.8 Å². The van der Waals surface area contributed by atoms with Gasteiger partial charge in [-0.15, -0.1) is 0 Å². The zero-order valence-corrected chi connectivity index (χ0v) is 16.1. The van der Waals surface area contributed by atoms with Gasteiger partial charge in [-0.2, -0.15) is 0 Å². The van der Waals surface area contributed by atoms with Crippen molar-refractivity contribution in [3.8, 4) is 11.1 Å². The van der Waals surface area contributed by atoms with Crippen molar-refractivity contribution in [1.29, 1.82) is 0 Å². The quantitative estimate of drug-likeness (QED) is 0.603. The van der Waals surface area contributed by atoms with Crippen LogP contribution >= 0.6 is 0 Å². The summed E-state index contributed by atoms with van der Waals surface area (Å²) in [6.07, 6.45) is 3.24. The normalized spacial score (nSPS) is 12.5. The van der Waals surface area contributed by atoms with Gasteiger partial charge in [-0.05, 0) is 48.5 Å². The fourth-order valence-electron chi connectivity index (χ4n) is 2.43. The fraction of sp³-hybridized carbons (Fsp3) is 0.211. The third-order valence-corrected chi connectivity index (χ3v) is 5.27. The second kappa shape index (κ2) is 9.29. The van der Waals surface area contributed by atoms with Crippen LogP contribution in [0.4, 0.5) is 10.1 Å². The molecule has 0 aliphatic heterocycles. The van der Waals surface area contributed by atoms with Gasteiger partial charge in [0.15, 0.2) is 0 Å². The van der Waals surface area contributed by atoms with E-state index in [1.54, 1.807) is 31.5 Å². The number of nitrogens with two attached hydrogens (primary N) is 1. The van der Waals surface area contributed by atoms with Crippen LogP contribution in [0.5, 0.6) is 0 Å². The van der Waals surface area contributed by atoms with E-state index < -0.39 is 10.0 Å². The molecule has 0 spiro atoms. The van der Waals surface area contributed by atoms with Gasteiger partial charge in [-0.1, -0.05) is 18.2 Å². The lowest BCUT2D eigenvalue weighted by Crippen LogP contribution is -2.26. The second-order valence-electron chi connectivity index (χ2n) is 5.75. The summed E-state index contributed by atoms with van der Waals surface area (Å²) in [5, 5.41) is 3.10. The Labute approximate surface area is 159 Å². The van der Waals surface area contributed by atoms with Gasteiger partial charge in [-0.25, -0.2) is 17.5 Å². The van der Waals surface area contributed by atoms with E-state index in [2.05, 4.69) is 15.0 Å². The Hall–Kier alpha value is -2.71. The molecular weight excluding hydrogens is 367 g/mol. The lowest BCUT2D eigenvalue weighted by atomic mass is 10.00. The summed E-state index contributed by atoms with van der Waals surface area (Å²) < 4.78 is 38.6. The van der Waals surface area contributed by atoms with E-state index in [-0.39, 0.29) is 18.1 Å². The highest BCUT2D eigenvalue weighted by molar-refractivity contribution is 7.89. The van der Waals surface area contributed by atoms with Gasteiger partial charge < -0.3 is 11.1 Å². The van der Waals surface area contributed by atoms with Crippen LogP contribution in [0, 0.1) is 5.82 Å². The van der Waals surface area contributed by atoms with E-state index in [9.17, 15) is 12.8 Å². The van der Waals surface area contributed by atoms with Crippen molar-refractivity contribution in [2.45, 2.75) is 0 Å². The number of allylic oxidation sites excluding steroid dienone is 1. The second-order valence-corrected chi connectivity index (χ2v) is 7.79. The van der Waals surface area contributed by atoms with Crippen molar-refractivity contribution >= 4 is 27.6 Å². The Morgan fingerprint density at radius 1 is 1.19 bits per heavy atom. The predicted molar refractivity (Wildman–Crippen MR) is 110 cm³/mol. The first-order valence-corrected chi connectivity index (χ1v) is 9.95. The molecule has 0 aliphatic carbocycles. The minimum absolute atomic E-state index is 0.0668. The predicted octanol–water partition coefficient (Wildman–Crippen LogP) is 2.45. The van der Waals surface area contributed by atoms with Crippen molar-refractivity contribution in [3.05, 3.63) is 59.9 Å². The summed E-state index contributed by atoms with van der Waals surface area (Å²) in [5.74, 6) is -0.371. The molecule has 0 fully saturated rings. The number of hydrogen-bond acceptors (Lipinski definition) is 5. The van der Waals surface area contributed by atoms with Gasteiger partial charge in [0.25, 0.3) is 0 Å². The molecule has 144 valence electrons. The van der Waals surface area contributed by atoms with Crippen molar-refractivity contribution in [3.63, 3.8) is 0 Å². The molecule has 2 rings (SSSR count). The molecule has 0 atom stereocenters.